The van der Waals surface area contributed by atoms with E-state index in [0.29, 0.717) is 65.5 Å². The Bertz CT molecular complexity index is 518. The second-order valence-corrected chi connectivity index (χ2v) is 7.62. The number of amides is 1. The third-order valence-electron chi connectivity index (χ3n) is 4.18. The van der Waals surface area contributed by atoms with E-state index in [-0.39, 0.29) is 31.7 Å². The van der Waals surface area contributed by atoms with Crippen molar-refractivity contribution in [1.29, 1.82) is 0 Å². The largest absolute Gasteiger partial charge is 0.480 e. The molecule has 33 heavy (non-hydrogen) atoms. The summed E-state index contributed by atoms with van der Waals surface area (Å²) in [6.07, 6.45) is 0.213. The van der Waals surface area contributed by atoms with Gasteiger partial charge in [0, 0.05) is 25.4 Å². The fourth-order valence-electron chi connectivity index (χ4n) is 2.44. The van der Waals surface area contributed by atoms with E-state index < -0.39 is 17.9 Å². The van der Waals surface area contributed by atoms with Crippen LogP contribution in [-0.4, -0.2) is 107 Å². The molecule has 194 valence electrons. The van der Waals surface area contributed by atoms with Gasteiger partial charge in [0.2, 0.25) is 5.91 Å². The summed E-state index contributed by atoms with van der Waals surface area (Å²) in [5, 5.41) is 14.7. The monoisotopic (exact) mass is 478 g/mol. The van der Waals surface area contributed by atoms with E-state index in [4.69, 9.17) is 28.8 Å². The number of carbonyl (C=O) groups excluding carboxylic acids is 2. The third kappa shape index (κ3) is 23.3. The third-order valence-corrected chi connectivity index (χ3v) is 4.18. The van der Waals surface area contributed by atoms with E-state index in [0.717, 1.165) is 6.54 Å². The first kappa shape index (κ1) is 31.4. The number of hydrogen-bond acceptors (Lipinski definition) is 9. The molecular weight excluding hydrogens is 436 g/mol. The molecule has 0 heterocycles. The van der Waals surface area contributed by atoms with Gasteiger partial charge in [0.05, 0.1) is 66.1 Å². The number of Topliss-reactive ketones (excluding diaryl/α,β-unsaturated/α-hetero) is 1. The first-order valence-corrected chi connectivity index (χ1v) is 11.5. The van der Waals surface area contributed by atoms with Gasteiger partial charge in [0.15, 0.2) is 0 Å². The van der Waals surface area contributed by atoms with Gasteiger partial charge < -0.3 is 44.2 Å². The van der Waals surface area contributed by atoms with Gasteiger partial charge in [0.25, 0.3) is 0 Å². The normalized spacial score (nSPS) is 12.1. The second-order valence-electron chi connectivity index (χ2n) is 7.62. The molecule has 0 aromatic carbocycles. The Labute approximate surface area is 196 Å². The molecule has 1 unspecified atom stereocenters. The van der Waals surface area contributed by atoms with Crippen LogP contribution < -0.4 is 10.6 Å². The van der Waals surface area contributed by atoms with Crippen molar-refractivity contribution < 1.29 is 43.2 Å². The first-order chi connectivity index (χ1) is 15.8. The van der Waals surface area contributed by atoms with Crippen LogP contribution in [0.2, 0.25) is 0 Å². The molecule has 11 nitrogen and oxygen atoms in total. The van der Waals surface area contributed by atoms with E-state index in [1.54, 1.807) is 0 Å². The number of carbonyl (C=O) groups is 3. The minimum Gasteiger partial charge on any atom is -0.480 e. The van der Waals surface area contributed by atoms with Crippen LogP contribution in [-0.2, 0) is 38.1 Å². The van der Waals surface area contributed by atoms with Crippen LogP contribution in [0.5, 0.6) is 0 Å². The van der Waals surface area contributed by atoms with Gasteiger partial charge in [-0.2, -0.15) is 0 Å². The van der Waals surface area contributed by atoms with Crippen molar-refractivity contribution in [3.05, 3.63) is 0 Å². The molecule has 0 aliphatic rings. The summed E-state index contributed by atoms with van der Waals surface area (Å²) in [6.45, 7) is 10.8. The highest BCUT2D eigenvalue weighted by molar-refractivity contribution is 5.84. The zero-order chi connectivity index (χ0) is 24.7. The standard InChI is InChI=1S/C22H42N2O9/c1-18(2)23-7-9-30-11-13-32-15-17-33-16-14-31-12-10-29-8-6-21(26)24-20(22(27)28)5-4-19(3)25/h18,20,23H,4-17H2,1-3H3,(H,24,26)(H,27,28). The van der Waals surface area contributed by atoms with E-state index in [1.165, 1.54) is 6.92 Å². The fourth-order valence-corrected chi connectivity index (χ4v) is 2.44. The Morgan fingerprint density at radius 1 is 0.727 bits per heavy atom. The molecule has 0 aliphatic carbocycles. The van der Waals surface area contributed by atoms with Gasteiger partial charge in [-0.25, -0.2) is 4.79 Å². The maximum Gasteiger partial charge on any atom is 0.326 e. The van der Waals surface area contributed by atoms with Gasteiger partial charge in [-0.05, 0) is 13.3 Å². The second kappa shape index (κ2) is 22.2. The summed E-state index contributed by atoms with van der Waals surface area (Å²) in [5.74, 6) is -1.71. The number of ether oxygens (including phenoxy) is 5. The van der Waals surface area contributed by atoms with E-state index >= 15 is 0 Å². The molecular formula is C22H42N2O9. The number of ketones is 1. The number of rotatable bonds is 24. The number of aliphatic carboxylic acids is 1. The number of carboxylic acid groups (broad SMARTS) is 1. The summed E-state index contributed by atoms with van der Waals surface area (Å²) in [7, 11) is 0. The predicted octanol–water partition coefficient (Wildman–Crippen LogP) is 0.396. The molecule has 0 aliphatic heterocycles. The Kier molecular flexibility index (Phi) is 21.1. The van der Waals surface area contributed by atoms with E-state index in [9.17, 15) is 14.4 Å². The Morgan fingerprint density at radius 3 is 1.61 bits per heavy atom. The van der Waals surface area contributed by atoms with Crippen molar-refractivity contribution in [3.8, 4) is 0 Å². The molecule has 0 saturated carbocycles. The van der Waals surface area contributed by atoms with Crippen molar-refractivity contribution in [2.75, 3.05) is 72.6 Å². The summed E-state index contributed by atoms with van der Waals surface area (Å²) in [5.41, 5.74) is 0. The highest BCUT2D eigenvalue weighted by Crippen LogP contribution is 2.00. The SMILES string of the molecule is CC(=O)CCC(NC(=O)CCOCCOCCOCCOCCOCCNC(C)C)C(=O)O. The first-order valence-electron chi connectivity index (χ1n) is 11.5. The van der Waals surface area contributed by atoms with Crippen molar-refractivity contribution in [2.45, 2.75) is 52.1 Å². The van der Waals surface area contributed by atoms with Gasteiger partial charge >= 0.3 is 5.97 Å². The predicted molar refractivity (Wildman–Crippen MR) is 121 cm³/mol. The molecule has 1 atom stereocenters. The molecule has 0 aromatic heterocycles. The van der Waals surface area contributed by atoms with Crippen molar-refractivity contribution in [1.82, 2.24) is 10.6 Å². The maximum atomic E-state index is 11.8. The topological polar surface area (TPSA) is 142 Å². The highest BCUT2D eigenvalue weighted by atomic mass is 16.6. The fraction of sp³-hybridized carbons (Fsp3) is 0.864. The van der Waals surface area contributed by atoms with Crippen LogP contribution in [0.3, 0.4) is 0 Å². The van der Waals surface area contributed by atoms with Gasteiger partial charge in [-0.3, -0.25) is 4.79 Å². The highest BCUT2D eigenvalue weighted by Gasteiger charge is 2.19. The Morgan fingerprint density at radius 2 is 1.18 bits per heavy atom. The number of nitrogens with one attached hydrogen (secondary N) is 2. The lowest BCUT2D eigenvalue weighted by atomic mass is 10.1. The van der Waals surface area contributed by atoms with Crippen molar-refractivity contribution in [2.24, 2.45) is 0 Å². The van der Waals surface area contributed by atoms with Crippen molar-refractivity contribution >= 4 is 17.7 Å². The van der Waals surface area contributed by atoms with Crippen LogP contribution in [0.15, 0.2) is 0 Å². The maximum absolute atomic E-state index is 11.8. The van der Waals surface area contributed by atoms with Gasteiger partial charge in [-0.15, -0.1) is 0 Å². The lowest BCUT2D eigenvalue weighted by Crippen LogP contribution is -2.41. The number of hydrogen-bond donors (Lipinski definition) is 3. The Hall–Kier alpha value is -1.63. The minimum atomic E-state index is -1.16. The van der Waals surface area contributed by atoms with Gasteiger partial charge in [-0.1, -0.05) is 13.8 Å². The van der Waals surface area contributed by atoms with Crippen LogP contribution in [0, 0.1) is 0 Å². The molecule has 0 rings (SSSR count). The zero-order valence-electron chi connectivity index (χ0n) is 20.3. The average Bonchev–Trinajstić information content (AvgIpc) is 2.75. The van der Waals surface area contributed by atoms with Crippen LogP contribution in [0.1, 0.15) is 40.0 Å². The summed E-state index contributed by atoms with van der Waals surface area (Å²) >= 11 is 0. The minimum absolute atomic E-state index is 0.0346. The van der Waals surface area contributed by atoms with Crippen molar-refractivity contribution in [3.63, 3.8) is 0 Å². The molecule has 0 saturated heterocycles. The number of carboxylic acids is 1. The summed E-state index contributed by atoms with van der Waals surface area (Å²) in [4.78, 5) is 33.8. The molecule has 1 amide bonds. The van der Waals surface area contributed by atoms with E-state index in [1.807, 2.05) is 0 Å². The summed E-state index contributed by atoms with van der Waals surface area (Å²) < 4.78 is 26.9. The molecule has 3 N–H and O–H groups in total. The van der Waals surface area contributed by atoms with Crippen LogP contribution in [0.25, 0.3) is 0 Å². The summed E-state index contributed by atoms with van der Waals surface area (Å²) in [6, 6.07) is -0.608. The average molecular weight is 479 g/mol. The van der Waals surface area contributed by atoms with E-state index in [2.05, 4.69) is 24.5 Å². The molecule has 0 fully saturated rings. The lowest BCUT2D eigenvalue weighted by Gasteiger charge is -2.13. The molecule has 0 bridgehead atoms. The molecule has 0 spiro atoms. The molecule has 0 aromatic rings. The Balaban J connectivity index is 3.38. The molecule has 0 radical (unpaired) electrons. The lowest BCUT2D eigenvalue weighted by molar-refractivity contribution is -0.142. The van der Waals surface area contributed by atoms with Crippen LogP contribution in [0.4, 0.5) is 0 Å². The zero-order valence-corrected chi connectivity index (χ0v) is 20.3. The molecule has 11 heteroatoms. The smallest absolute Gasteiger partial charge is 0.326 e. The van der Waals surface area contributed by atoms with Gasteiger partial charge in [0.1, 0.15) is 11.8 Å². The van der Waals surface area contributed by atoms with Crippen LogP contribution >= 0.6 is 0 Å². The quantitative estimate of drug-likeness (QED) is 0.167.